The van der Waals surface area contributed by atoms with E-state index in [1.165, 1.54) is 0 Å². The van der Waals surface area contributed by atoms with Crippen LogP contribution in [0.3, 0.4) is 0 Å². The maximum absolute atomic E-state index is 11.9. The number of halogens is 2. The minimum absolute atomic E-state index is 0.328. The Hall–Kier alpha value is -1.78. The molecule has 0 bridgehead atoms. The van der Waals surface area contributed by atoms with Gasteiger partial charge >= 0.3 is 5.97 Å². The van der Waals surface area contributed by atoms with Crippen LogP contribution in [-0.2, 0) is 14.3 Å². The lowest BCUT2D eigenvalue weighted by atomic mass is 10.1. The van der Waals surface area contributed by atoms with Gasteiger partial charge in [-0.3, -0.25) is 9.59 Å². The van der Waals surface area contributed by atoms with Gasteiger partial charge in [-0.1, -0.05) is 30.3 Å². The quantitative estimate of drug-likeness (QED) is 0.671. The summed E-state index contributed by atoms with van der Waals surface area (Å²) in [5.74, 6) is -0.969. The van der Waals surface area contributed by atoms with Gasteiger partial charge in [-0.2, -0.15) is 0 Å². The first kappa shape index (κ1) is 16.1. The molecule has 0 spiro atoms. The average Bonchev–Trinajstić information content (AvgIpc) is 3.04. The number of alkyl halides is 2. The van der Waals surface area contributed by atoms with Crippen LogP contribution in [0.15, 0.2) is 42.5 Å². The number of nitrogens with one attached hydrogen (secondary N) is 1. The Bertz CT molecular complexity index is 790. The van der Waals surface area contributed by atoms with Crippen molar-refractivity contribution in [3.8, 4) is 0 Å². The van der Waals surface area contributed by atoms with Gasteiger partial charge in [0, 0.05) is 12.1 Å². The number of hydrogen-bond acceptors (Lipinski definition) is 3. The summed E-state index contributed by atoms with van der Waals surface area (Å²) in [6.45, 7) is 1.25. The Morgan fingerprint density at radius 2 is 1.83 bits per heavy atom. The molecule has 120 valence electrons. The fraction of sp³-hybridized carbons (Fsp3) is 0.294. The molecule has 1 atom stereocenters. The molecule has 1 unspecified atom stereocenters. The van der Waals surface area contributed by atoms with Gasteiger partial charge in [0.15, 0.2) is 6.61 Å². The zero-order valence-electron chi connectivity index (χ0n) is 12.4. The molecule has 1 aliphatic rings. The van der Waals surface area contributed by atoms with Crippen molar-refractivity contribution >= 4 is 51.5 Å². The van der Waals surface area contributed by atoms with Crippen molar-refractivity contribution in [3.05, 3.63) is 42.5 Å². The number of rotatable bonds is 4. The molecule has 0 aromatic heterocycles. The van der Waals surface area contributed by atoms with Crippen LogP contribution < -0.4 is 5.32 Å². The van der Waals surface area contributed by atoms with Crippen molar-refractivity contribution < 1.29 is 14.3 Å². The summed E-state index contributed by atoms with van der Waals surface area (Å²) in [5, 5.41) is 4.80. The Balaban J connectivity index is 1.58. The van der Waals surface area contributed by atoms with E-state index in [9.17, 15) is 9.59 Å². The van der Waals surface area contributed by atoms with Crippen molar-refractivity contribution in [3.63, 3.8) is 0 Å². The number of hydrogen-bond donors (Lipinski definition) is 1. The lowest BCUT2D eigenvalue weighted by molar-refractivity contribution is -0.152. The SMILES string of the molecule is CC1(C(=O)OCC(=O)Nc2ccc3ccccc3c2)CC1(Cl)Cl. The number of benzene rings is 2. The molecule has 0 heterocycles. The van der Waals surface area contributed by atoms with Crippen molar-refractivity contribution in [2.24, 2.45) is 5.41 Å². The molecule has 0 aliphatic heterocycles. The highest BCUT2D eigenvalue weighted by Gasteiger charge is 2.69. The minimum Gasteiger partial charge on any atom is -0.455 e. The van der Waals surface area contributed by atoms with Gasteiger partial charge in [0.05, 0.1) is 0 Å². The molecule has 1 aliphatic carbocycles. The van der Waals surface area contributed by atoms with Crippen molar-refractivity contribution in [1.82, 2.24) is 0 Å². The first-order valence-corrected chi connectivity index (χ1v) is 7.91. The van der Waals surface area contributed by atoms with E-state index in [2.05, 4.69) is 5.32 Å². The molecule has 4 nitrogen and oxygen atoms in total. The lowest BCUT2D eigenvalue weighted by Crippen LogP contribution is -2.26. The lowest BCUT2D eigenvalue weighted by Gasteiger charge is -2.12. The van der Waals surface area contributed by atoms with Gasteiger partial charge in [-0.05, 0) is 29.8 Å². The van der Waals surface area contributed by atoms with Gasteiger partial charge in [-0.25, -0.2) is 0 Å². The minimum atomic E-state index is -1.10. The maximum atomic E-state index is 11.9. The first-order chi connectivity index (χ1) is 10.8. The molecular formula is C17H15Cl2NO3. The largest absolute Gasteiger partial charge is 0.455 e. The van der Waals surface area contributed by atoms with E-state index in [4.69, 9.17) is 27.9 Å². The fourth-order valence-corrected chi connectivity index (χ4v) is 3.06. The van der Waals surface area contributed by atoms with Crippen LogP contribution in [-0.4, -0.2) is 22.8 Å². The standard InChI is InChI=1S/C17H15Cl2NO3/c1-16(10-17(16,18)19)15(22)23-9-14(21)20-13-7-6-11-4-2-3-5-12(11)8-13/h2-8H,9-10H2,1H3,(H,20,21). The Morgan fingerprint density at radius 3 is 2.48 bits per heavy atom. The van der Waals surface area contributed by atoms with Crippen LogP contribution in [0.1, 0.15) is 13.3 Å². The highest BCUT2D eigenvalue weighted by Crippen LogP contribution is 2.64. The third-order valence-corrected chi connectivity index (χ3v) is 5.18. The number of fused-ring (bicyclic) bond motifs is 1. The number of carbonyl (C=O) groups is 2. The number of anilines is 1. The molecule has 1 fully saturated rings. The fourth-order valence-electron chi connectivity index (χ4n) is 2.38. The maximum Gasteiger partial charge on any atom is 0.315 e. The number of esters is 1. The van der Waals surface area contributed by atoms with Crippen LogP contribution in [0, 0.1) is 5.41 Å². The van der Waals surface area contributed by atoms with Gasteiger partial charge < -0.3 is 10.1 Å². The number of amides is 1. The highest BCUT2D eigenvalue weighted by atomic mass is 35.5. The zero-order chi connectivity index (χ0) is 16.7. The number of carbonyl (C=O) groups excluding carboxylic acids is 2. The van der Waals surface area contributed by atoms with E-state index in [0.717, 1.165) is 10.8 Å². The molecule has 0 radical (unpaired) electrons. The Morgan fingerprint density at radius 1 is 1.17 bits per heavy atom. The highest BCUT2D eigenvalue weighted by molar-refractivity contribution is 6.53. The van der Waals surface area contributed by atoms with Crippen LogP contribution in [0.25, 0.3) is 10.8 Å². The van der Waals surface area contributed by atoms with E-state index >= 15 is 0 Å². The van der Waals surface area contributed by atoms with Crippen LogP contribution in [0.5, 0.6) is 0 Å². The molecule has 2 aromatic carbocycles. The summed E-state index contributed by atoms with van der Waals surface area (Å²) in [5.41, 5.74) is -0.286. The van der Waals surface area contributed by atoms with E-state index in [1.807, 2.05) is 36.4 Å². The second kappa shape index (κ2) is 5.69. The van der Waals surface area contributed by atoms with E-state index in [0.29, 0.717) is 12.1 Å². The van der Waals surface area contributed by atoms with Gasteiger partial charge in [0.25, 0.3) is 5.91 Å². The molecule has 23 heavy (non-hydrogen) atoms. The first-order valence-electron chi connectivity index (χ1n) is 7.16. The molecule has 1 amide bonds. The van der Waals surface area contributed by atoms with Crippen LogP contribution in [0.4, 0.5) is 5.69 Å². The predicted octanol–water partition coefficient (Wildman–Crippen LogP) is 3.91. The van der Waals surface area contributed by atoms with Crippen LogP contribution in [0.2, 0.25) is 0 Å². The van der Waals surface area contributed by atoms with E-state index in [-0.39, 0.29) is 6.61 Å². The van der Waals surface area contributed by atoms with Crippen molar-refractivity contribution in [2.45, 2.75) is 17.7 Å². The third kappa shape index (κ3) is 3.14. The Labute approximate surface area is 143 Å². The topological polar surface area (TPSA) is 55.4 Å². The molecule has 6 heteroatoms. The van der Waals surface area contributed by atoms with Crippen molar-refractivity contribution in [2.75, 3.05) is 11.9 Å². The molecule has 3 rings (SSSR count). The monoisotopic (exact) mass is 351 g/mol. The summed E-state index contributed by atoms with van der Waals surface area (Å²) in [7, 11) is 0. The summed E-state index contributed by atoms with van der Waals surface area (Å²) in [6.07, 6.45) is 0.328. The predicted molar refractivity (Wildman–Crippen MR) is 90.7 cm³/mol. The molecule has 0 saturated heterocycles. The average molecular weight is 352 g/mol. The van der Waals surface area contributed by atoms with E-state index < -0.39 is 21.6 Å². The molecular weight excluding hydrogens is 337 g/mol. The summed E-state index contributed by atoms with van der Waals surface area (Å²) >= 11 is 11.8. The molecule has 2 aromatic rings. The number of ether oxygens (including phenoxy) is 1. The molecule has 1 N–H and O–H groups in total. The zero-order valence-corrected chi connectivity index (χ0v) is 13.9. The second-order valence-electron chi connectivity index (χ2n) is 5.90. The summed E-state index contributed by atoms with van der Waals surface area (Å²) in [4.78, 5) is 23.8. The van der Waals surface area contributed by atoms with Crippen LogP contribution >= 0.6 is 23.2 Å². The third-order valence-electron chi connectivity index (χ3n) is 4.08. The van der Waals surface area contributed by atoms with Gasteiger partial charge in [-0.15, -0.1) is 23.2 Å². The normalized spacial score (nSPS) is 21.7. The second-order valence-corrected chi connectivity index (χ2v) is 7.38. The Kier molecular flexibility index (Phi) is 3.98. The van der Waals surface area contributed by atoms with Gasteiger partial charge in [0.1, 0.15) is 9.75 Å². The molecule has 1 saturated carbocycles. The van der Waals surface area contributed by atoms with Crippen molar-refractivity contribution in [1.29, 1.82) is 0 Å². The summed E-state index contributed by atoms with van der Waals surface area (Å²) in [6, 6.07) is 13.4. The van der Waals surface area contributed by atoms with E-state index in [1.54, 1.807) is 13.0 Å². The summed E-state index contributed by atoms with van der Waals surface area (Å²) < 4.78 is 3.91. The smallest absolute Gasteiger partial charge is 0.315 e. The van der Waals surface area contributed by atoms with Gasteiger partial charge in [0.2, 0.25) is 0 Å².